The molecule has 1 aliphatic rings. The first-order chi connectivity index (χ1) is 7.95. The standard InChI is InChI=1S/C13H25ClN2O/c1-11-5-4-7-16(9-11)8-6-15-12(17)13(2,3)10-14/h11H,4-10H2,1-3H3,(H,15,17). The van der Waals surface area contributed by atoms with Crippen molar-refractivity contribution < 1.29 is 4.79 Å². The van der Waals surface area contributed by atoms with Crippen LogP contribution in [0.5, 0.6) is 0 Å². The third-order valence-corrected chi connectivity index (χ3v) is 4.07. The molecule has 1 fully saturated rings. The third-order valence-electron chi connectivity index (χ3n) is 3.40. The van der Waals surface area contributed by atoms with E-state index in [-0.39, 0.29) is 5.91 Å². The summed E-state index contributed by atoms with van der Waals surface area (Å²) in [5.41, 5.74) is -0.462. The molecule has 0 aliphatic carbocycles. The number of hydrogen-bond donors (Lipinski definition) is 1. The van der Waals surface area contributed by atoms with Crippen LogP contribution in [0, 0.1) is 11.3 Å². The number of piperidine rings is 1. The quantitative estimate of drug-likeness (QED) is 0.768. The summed E-state index contributed by atoms with van der Waals surface area (Å²) in [6.45, 7) is 10.0. The molecule has 1 aliphatic heterocycles. The zero-order chi connectivity index (χ0) is 12.9. The SMILES string of the molecule is CC1CCCN(CCNC(=O)C(C)(C)CCl)C1. The van der Waals surface area contributed by atoms with E-state index in [0.29, 0.717) is 5.88 Å². The number of halogens is 1. The molecule has 4 heteroatoms. The normalized spacial score (nSPS) is 22.5. The van der Waals surface area contributed by atoms with E-state index in [1.165, 1.54) is 19.4 Å². The van der Waals surface area contributed by atoms with Crippen molar-refractivity contribution in [2.75, 3.05) is 32.1 Å². The van der Waals surface area contributed by atoms with Crippen LogP contribution < -0.4 is 5.32 Å². The highest BCUT2D eigenvalue weighted by molar-refractivity contribution is 6.19. The molecule has 1 rings (SSSR count). The Labute approximate surface area is 110 Å². The molecule has 1 N–H and O–H groups in total. The lowest BCUT2D eigenvalue weighted by atomic mass is 9.95. The number of amides is 1. The van der Waals surface area contributed by atoms with E-state index in [1.807, 2.05) is 13.8 Å². The molecule has 0 aromatic carbocycles. The predicted octanol–water partition coefficient (Wildman–Crippen LogP) is 2.10. The van der Waals surface area contributed by atoms with Gasteiger partial charge in [0.05, 0.1) is 5.41 Å². The summed E-state index contributed by atoms with van der Waals surface area (Å²) in [5, 5.41) is 2.97. The smallest absolute Gasteiger partial charge is 0.226 e. The van der Waals surface area contributed by atoms with E-state index in [2.05, 4.69) is 17.1 Å². The maximum absolute atomic E-state index is 11.8. The molecule has 0 radical (unpaired) electrons. The van der Waals surface area contributed by atoms with Crippen molar-refractivity contribution in [3.63, 3.8) is 0 Å². The first-order valence-electron chi connectivity index (χ1n) is 6.52. The molecule has 0 aromatic heterocycles. The number of rotatable bonds is 5. The lowest BCUT2D eigenvalue weighted by Gasteiger charge is -2.31. The minimum Gasteiger partial charge on any atom is -0.354 e. The third kappa shape index (κ3) is 4.84. The molecular weight excluding hydrogens is 236 g/mol. The highest BCUT2D eigenvalue weighted by Crippen LogP contribution is 2.17. The van der Waals surface area contributed by atoms with Crippen molar-refractivity contribution in [1.82, 2.24) is 10.2 Å². The van der Waals surface area contributed by atoms with E-state index >= 15 is 0 Å². The zero-order valence-electron chi connectivity index (χ0n) is 11.3. The molecule has 0 aromatic rings. The molecule has 1 unspecified atom stereocenters. The fourth-order valence-corrected chi connectivity index (χ4v) is 2.24. The Hall–Kier alpha value is -0.280. The highest BCUT2D eigenvalue weighted by Gasteiger charge is 2.26. The topological polar surface area (TPSA) is 32.3 Å². The number of carbonyl (C=O) groups is 1. The number of nitrogens with one attached hydrogen (secondary N) is 1. The first-order valence-corrected chi connectivity index (χ1v) is 7.06. The van der Waals surface area contributed by atoms with Gasteiger partial charge in [0.15, 0.2) is 0 Å². The Morgan fingerprint density at radius 3 is 2.82 bits per heavy atom. The van der Waals surface area contributed by atoms with E-state index < -0.39 is 5.41 Å². The summed E-state index contributed by atoms with van der Waals surface area (Å²) in [7, 11) is 0. The van der Waals surface area contributed by atoms with Gasteiger partial charge < -0.3 is 10.2 Å². The molecule has 1 heterocycles. The predicted molar refractivity (Wildman–Crippen MR) is 72.3 cm³/mol. The highest BCUT2D eigenvalue weighted by atomic mass is 35.5. The Kier molecular flexibility index (Phi) is 5.74. The average Bonchev–Trinajstić information content (AvgIpc) is 2.29. The van der Waals surface area contributed by atoms with Gasteiger partial charge in [-0.2, -0.15) is 0 Å². The van der Waals surface area contributed by atoms with Crippen LogP contribution in [0.25, 0.3) is 0 Å². The van der Waals surface area contributed by atoms with Crippen molar-refractivity contribution in [3.8, 4) is 0 Å². The van der Waals surface area contributed by atoms with Crippen molar-refractivity contribution >= 4 is 17.5 Å². The Morgan fingerprint density at radius 2 is 2.24 bits per heavy atom. The summed E-state index contributed by atoms with van der Waals surface area (Å²) in [6.07, 6.45) is 2.62. The lowest BCUT2D eigenvalue weighted by molar-refractivity contribution is -0.128. The maximum Gasteiger partial charge on any atom is 0.226 e. The van der Waals surface area contributed by atoms with Crippen molar-refractivity contribution in [1.29, 1.82) is 0 Å². The minimum absolute atomic E-state index is 0.0533. The Morgan fingerprint density at radius 1 is 1.53 bits per heavy atom. The number of nitrogens with zero attached hydrogens (tertiary/aromatic N) is 1. The van der Waals surface area contributed by atoms with Gasteiger partial charge in [-0.15, -0.1) is 11.6 Å². The van der Waals surface area contributed by atoms with Crippen molar-refractivity contribution in [2.24, 2.45) is 11.3 Å². The molecule has 0 spiro atoms. The summed E-state index contributed by atoms with van der Waals surface area (Å²) >= 11 is 5.76. The van der Waals surface area contributed by atoms with Gasteiger partial charge in [0.2, 0.25) is 5.91 Å². The number of hydrogen-bond acceptors (Lipinski definition) is 2. The summed E-state index contributed by atoms with van der Waals surface area (Å²) in [4.78, 5) is 14.2. The van der Waals surface area contributed by atoms with Crippen LogP contribution in [0.4, 0.5) is 0 Å². The van der Waals surface area contributed by atoms with Crippen molar-refractivity contribution in [3.05, 3.63) is 0 Å². The molecule has 0 bridgehead atoms. The first kappa shape index (κ1) is 14.8. The Balaban J connectivity index is 2.21. The lowest BCUT2D eigenvalue weighted by Crippen LogP contribution is -2.44. The van der Waals surface area contributed by atoms with Crippen LogP contribution in [-0.2, 0) is 4.79 Å². The van der Waals surface area contributed by atoms with Gasteiger partial charge in [0.25, 0.3) is 0 Å². The van der Waals surface area contributed by atoms with E-state index in [4.69, 9.17) is 11.6 Å². The molecule has 1 saturated heterocycles. The van der Waals surface area contributed by atoms with Crippen LogP contribution >= 0.6 is 11.6 Å². The maximum atomic E-state index is 11.8. The monoisotopic (exact) mass is 260 g/mol. The summed E-state index contributed by atoms with van der Waals surface area (Å²) in [5.74, 6) is 1.20. The van der Waals surface area contributed by atoms with Crippen LogP contribution in [0.15, 0.2) is 0 Å². The van der Waals surface area contributed by atoms with Gasteiger partial charge in [-0.3, -0.25) is 4.79 Å². The second kappa shape index (κ2) is 6.60. The van der Waals surface area contributed by atoms with Gasteiger partial charge in [-0.25, -0.2) is 0 Å². The van der Waals surface area contributed by atoms with Gasteiger partial charge in [0, 0.05) is 25.5 Å². The second-order valence-corrected chi connectivity index (χ2v) is 6.09. The largest absolute Gasteiger partial charge is 0.354 e. The zero-order valence-corrected chi connectivity index (χ0v) is 12.0. The fourth-order valence-electron chi connectivity index (χ4n) is 2.12. The molecule has 0 saturated carbocycles. The van der Waals surface area contributed by atoms with Gasteiger partial charge >= 0.3 is 0 Å². The number of likely N-dealkylation sites (tertiary alicyclic amines) is 1. The van der Waals surface area contributed by atoms with Gasteiger partial charge in [0.1, 0.15) is 0 Å². The van der Waals surface area contributed by atoms with E-state index in [0.717, 1.165) is 25.6 Å². The van der Waals surface area contributed by atoms with Gasteiger partial charge in [-0.1, -0.05) is 6.92 Å². The van der Waals surface area contributed by atoms with Crippen LogP contribution in [0.1, 0.15) is 33.6 Å². The summed E-state index contributed by atoms with van der Waals surface area (Å²) < 4.78 is 0. The molecular formula is C13H25ClN2O. The molecule has 1 atom stereocenters. The number of carbonyl (C=O) groups excluding carboxylic acids is 1. The molecule has 17 heavy (non-hydrogen) atoms. The van der Waals surface area contributed by atoms with Crippen LogP contribution in [-0.4, -0.2) is 42.9 Å². The Bertz CT molecular complexity index is 256. The van der Waals surface area contributed by atoms with Crippen LogP contribution in [0.2, 0.25) is 0 Å². The molecule has 3 nitrogen and oxygen atoms in total. The molecule has 1 amide bonds. The minimum atomic E-state index is -0.462. The van der Waals surface area contributed by atoms with Gasteiger partial charge in [-0.05, 0) is 39.2 Å². The average molecular weight is 261 g/mol. The number of alkyl halides is 1. The second-order valence-electron chi connectivity index (χ2n) is 5.82. The molecule has 100 valence electrons. The van der Waals surface area contributed by atoms with E-state index in [9.17, 15) is 4.79 Å². The van der Waals surface area contributed by atoms with Crippen molar-refractivity contribution in [2.45, 2.75) is 33.6 Å². The van der Waals surface area contributed by atoms with Crippen LogP contribution in [0.3, 0.4) is 0 Å². The van der Waals surface area contributed by atoms with E-state index in [1.54, 1.807) is 0 Å². The fraction of sp³-hybridized carbons (Fsp3) is 0.923. The summed E-state index contributed by atoms with van der Waals surface area (Å²) in [6, 6.07) is 0.